The standard InChI is InChI=1S/C3H10N2.H2S/c1-3(5)2-4;/h3H,2,4-5H2,1H3;1H2/t3-;/m0./s1. The highest BCUT2D eigenvalue weighted by molar-refractivity contribution is 7.59. The minimum absolute atomic E-state index is 0. The molecule has 40 valence electrons. The normalized spacial score (nSPS) is 12.5. The van der Waals surface area contributed by atoms with E-state index in [1.807, 2.05) is 6.92 Å². The molecule has 4 N–H and O–H groups in total. The van der Waals surface area contributed by atoms with Gasteiger partial charge in [0, 0.05) is 12.6 Å². The Bertz CT molecular complexity index is 22.8. The summed E-state index contributed by atoms with van der Waals surface area (Å²) in [6, 6.07) is 0.162. The Morgan fingerprint density at radius 3 is 1.83 bits per heavy atom. The maximum Gasteiger partial charge on any atom is 0.0134 e. The first kappa shape index (κ1) is 9.55. The molecule has 1 atom stereocenters. The maximum atomic E-state index is 5.17. The fraction of sp³-hybridized carbons (Fsp3) is 1.00. The Morgan fingerprint density at radius 1 is 1.67 bits per heavy atom. The molecular formula is C3H12N2S. The molecule has 0 rings (SSSR count). The van der Waals surface area contributed by atoms with Crippen molar-refractivity contribution < 1.29 is 0 Å². The van der Waals surface area contributed by atoms with Gasteiger partial charge in [-0.25, -0.2) is 0 Å². The van der Waals surface area contributed by atoms with E-state index in [1.165, 1.54) is 0 Å². The molecule has 0 saturated heterocycles. The van der Waals surface area contributed by atoms with Crippen LogP contribution in [0.25, 0.3) is 0 Å². The van der Waals surface area contributed by atoms with Gasteiger partial charge in [-0.3, -0.25) is 0 Å². The third kappa shape index (κ3) is 8.86. The van der Waals surface area contributed by atoms with Crippen molar-refractivity contribution in [1.29, 1.82) is 0 Å². The molecule has 0 aromatic carbocycles. The third-order valence-corrected chi connectivity index (χ3v) is 0.372. The van der Waals surface area contributed by atoms with E-state index in [2.05, 4.69) is 0 Å². The Labute approximate surface area is 45.3 Å². The van der Waals surface area contributed by atoms with Gasteiger partial charge in [-0.05, 0) is 6.92 Å². The average Bonchev–Trinajstić information content (AvgIpc) is 1.38. The molecular weight excluding hydrogens is 96.1 g/mol. The van der Waals surface area contributed by atoms with Crippen molar-refractivity contribution in [3.8, 4) is 0 Å². The highest BCUT2D eigenvalue weighted by Gasteiger charge is 1.79. The van der Waals surface area contributed by atoms with Gasteiger partial charge in [0.2, 0.25) is 0 Å². The van der Waals surface area contributed by atoms with Gasteiger partial charge in [0.1, 0.15) is 0 Å². The smallest absolute Gasteiger partial charge is 0.0134 e. The van der Waals surface area contributed by atoms with Gasteiger partial charge in [0.25, 0.3) is 0 Å². The Kier molecular flexibility index (Phi) is 8.39. The van der Waals surface area contributed by atoms with Crippen LogP contribution < -0.4 is 11.5 Å². The lowest BCUT2D eigenvalue weighted by atomic mass is 10.4. The molecule has 0 bridgehead atoms. The first-order valence-electron chi connectivity index (χ1n) is 1.73. The molecule has 0 aliphatic carbocycles. The zero-order chi connectivity index (χ0) is 4.28. The minimum atomic E-state index is 0. The number of rotatable bonds is 1. The van der Waals surface area contributed by atoms with Gasteiger partial charge in [-0.15, -0.1) is 0 Å². The van der Waals surface area contributed by atoms with Crippen molar-refractivity contribution in [2.45, 2.75) is 13.0 Å². The van der Waals surface area contributed by atoms with Gasteiger partial charge >= 0.3 is 0 Å². The van der Waals surface area contributed by atoms with Crippen molar-refractivity contribution in [3.05, 3.63) is 0 Å². The summed E-state index contributed by atoms with van der Waals surface area (Å²) in [6.45, 7) is 2.46. The Balaban J connectivity index is 0. The number of hydrogen-bond donors (Lipinski definition) is 2. The van der Waals surface area contributed by atoms with Gasteiger partial charge in [0.15, 0.2) is 0 Å². The van der Waals surface area contributed by atoms with Gasteiger partial charge in [0.05, 0.1) is 0 Å². The van der Waals surface area contributed by atoms with E-state index < -0.39 is 0 Å². The second-order valence-electron chi connectivity index (χ2n) is 1.21. The molecule has 0 spiro atoms. The average molecular weight is 108 g/mol. The molecule has 0 aliphatic rings. The monoisotopic (exact) mass is 108 g/mol. The fourth-order valence-corrected chi connectivity index (χ4v) is 0. The van der Waals surface area contributed by atoms with Gasteiger partial charge in [-0.2, -0.15) is 13.5 Å². The molecule has 0 radical (unpaired) electrons. The molecule has 0 heterocycles. The molecule has 6 heavy (non-hydrogen) atoms. The minimum Gasteiger partial charge on any atom is -0.329 e. The van der Waals surface area contributed by atoms with E-state index in [9.17, 15) is 0 Å². The van der Waals surface area contributed by atoms with Crippen LogP contribution in [-0.4, -0.2) is 12.6 Å². The summed E-state index contributed by atoms with van der Waals surface area (Å²) in [5.74, 6) is 0. The summed E-state index contributed by atoms with van der Waals surface area (Å²) in [7, 11) is 0. The van der Waals surface area contributed by atoms with Crippen LogP contribution in [0.15, 0.2) is 0 Å². The summed E-state index contributed by atoms with van der Waals surface area (Å²) >= 11 is 0. The first-order valence-corrected chi connectivity index (χ1v) is 1.73. The highest BCUT2D eigenvalue weighted by Crippen LogP contribution is 1.59. The van der Waals surface area contributed by atoms with Crippen molar-refractivity contribution >= 4 is 13.5 Å². The van der Waals surface area contributed by atoms with Gasteiger partial charge < -0.3 is 11.5 Å². The molecule has 0 fully saturated rings. The summed E-state index contributed by atoms with van der Waals surface area (Å²) in [5, 5.41) is 0. The SMILES string of the molecule is C[C@H](N)CN.S. The maximum absolute atomic E-state index is 5.17. The van der Waals surface area contributed by atoms with E-state index in [4.69, 9.17) is 11.5 Å². The highest BCUT2D eigenvalue weighted by atomic mass is 32.1. The molecule has 0 aliphatic heterocycles. The van der Waals surface area contributed by atoms with Crippen LogP contribution in [-0.2, 0) is 0 Å². The molecule has 0 aromatic heterocycles. The van der Waals surface area contributed by atoms with Crippen LogP contribution >= 0.6 is 13.5 Å². The lowest BCUT2D eigenvalue weighted by Gasteiger charge is -1.92. The summed E-state index contributed by atoms with van der Waals surface area (Å²) in [6.07, 6.45) is 0. The fourth-order valence-electron chi connectivity index (χ4n) is 0. The topological polar surface area (TPSA) is 52.0 Å². The van der Waals surface area contributed by atoms with Crippen molar-refractivity contribution in [2.75, 3.05) is 6.54 Å². The van der Waals surface area contributed by atoms with Crippen molar-refractivity contribution in [1.82, 2.24) is 0 Å². The quantitative estimate of drug-likeness (QED) is 0.471. The Morgan fingerprint density at radius 2 is 1.83 bits per heavy atom. The van der Waals surface area contributed by atoms with E-state index in [-0.39, 0.29) is 19.5 Å². The summed E-state index contributed by atoms with van der Waals surface area (Å²) in [4.78, 5) is 0. The van der Waals surface area contributed by atoms with E-state index in [0.717, 1.165) is 0 Å². The van der Waals surface area contributed by atoms with Crippen LogP contribution in [0.4, 0.5) is 0 Å². The predicted molar refractivity (Wildman–Crippen MR) is 33.1 cm³/mol. The molecule has 0 saturated carbocycles. The van der Waals surface area contributed by atoms with E-state index in [1.54, 1.807) is 0 Å². The number of nitrogens with two attached hydrogens (primary N) is 2. The first-order chi connectivity index (χ1) is 2.27. The van der Waals surface area contributed by atoms with Crippen LogP contribution in [0.2, 0.25) is 0 Å². The zero-order valence-electron chi connectivity index (χ0n) is 3.94. The third-order valence-electron chi connectivity index (χ3n) is 0.372. The molecule has 2 nitrogen and oxygen atoms in total. The predicted octanol–water partition coefficient (Wildman–Crippen LogP) is -0.595. The van der Waals surface area contributed by atoms with Crippen molar-refractivity contribution in [3.63, 3.8) is 0 Å². The molecule has 0 amide bonds. The lowest BCUT2D eigenvalue weighted by molar-refractivity contribution is 0.752. The summed E-state index contributed by atoms with van der Waals surface area (Å²) in [5.41, 5.74) is 10.2. The number of hydrogen-bond acceptors (Lipinski definition) is 2. The lowest BCUT2D eigenvalue weighted by Crippen LogP contribution is -2.25. The zero-order valence-corrected chi connectivity index (χ0v) is 4.94. The van der Waals surface area contributed by atoms with E-state index >= 15 is 0 Å². The van der Waals surface area contributed by atoms with Crippen LogP contribution in [0.3, 0.4) is 0 Å². The van der Waals surface area contributed by atoms with Crippen molar-refractivity contribution in [2.24, 2.45) is 11.5 Å². The molecule has 0 unspecified atom stereocenters. The van der Waals surface area contributed by atoms with Gasteiger partial charge in [-0.1, -0.05) is 0 Å². The van der Waals surface area contributed by atoms with Crippen LogP contribution in [0.1, 0.15) is 6.92 Å². The Hall–Kier alpha value is 0.270. The summed E-state index contributed by atoms with van der Waals surface area (Å²) < 4.78 is 0. The van der Waals surface area contributed by atoms with Crippen LogP contribution in [0.5, 0.6) is 0 Å². The van der Waals surface area contributed by atoms with E-state index in [0.29, 0.717) is 6.54 Å². The second kappa shape index (κ2) is 5.27. The second-order valence-corrected chi connectivity index (χ2v) is 1.21. The van der Waals surface area contributed by atoms with Crippen LogP contribution in [0, 0.1) is 0 Å². The largest absolute Gasteiger partial charge is 0.329 e. The molecule has 0 aromatic rings. The molecule has 3 heteroatoms.